The van der Waals surface area contributed by atoms with Gasteiger partial charge in [-0.2, -0.15) is 0 Å². The Labute approximate surface area is 106 Å². The zero-order valence-electron chi connectivity index (χ0n) is 10.5. The summed E-state index contributed by atoms with van der Waals surface area (Å²) < 4.78 is 5.11. The average Bonchev–Trinajstić information content (AvgIpc) is 2.46. The number of amides is 1. The number of hydrogen-bond acceptors (Lipinski definition) is 4. The minimum atomic E-state index is -0.112. The number of methoxy groups -OCH3 is 1. The van der Waals surface area contributed by atoms with Crippen molar-refractivity contribution in [3.63, 3.8) is 0 Å². The number of aliphatic hydroxyl groups excluding tert-OH is 1. The lowest BCUT2D eigenvalue weighted by Gasteiger charge is -2.34. The Morgan fingerprint density at radius 3 is 3.17 bits per heavy atom. The smallest absolute Gasteiger partial charge is 0.259 e. The summed E-state index contributed by atoms with van der Waals surface area (Å²) in [6.07, 6.45) is 4.48. The highest BCUT2D eigenvalue weighted by molar-refractivity contribution is 5.96. The van der Waals surface area contributed by atoms with Crippen LogP contribution in [0.5, 0.6) is 5.88 Å². The molecule has 0 spiro atoms. The Balaban J connectivity index is 2.24. The predicted molar refractivity (Wildman–Crippen MR) is 66.6 cm³/mol. The first-order valence-corrected chi connectivity index (χ1v) is 6.18. The molecular formula is C13H18N2O3. The molecule has 0 radical (unpaired) electrons. The topological polar surface area (TPSA) is 62.7 Å². The van der Waals surface area contributed by atoms with E-state index in [1.165, 1.54) is 7.11 Å². The fourth-order valence-electron chi connectivity index (χ4n) is 2.33. The molecule has 1 aromatic heterocycles. The van der Waals surface area contributed by atoms with E-state index in [1.807, 2.05) is 0 Å². The molecule has 1 aliphatic rings. The molecule has 1 fully saturated rings. The van der Waals surface area contributed by atoms with Crippen LogP contribution in [-0.4, -0.2) is 47.2 Å². The van der Waals surface area contributed by atoms with Crippen LogP contribution < -0.4 is 4.74 Å². The highest BCUT2D eigenvalue weighted by Gasteiger charge is 2.28. The molecule has 0 bridgehead atoms. The molecule has 1 aromatic rings. The molecule has 18 heavy (non-hydrogen) atoms. The second-order valence-electron chi connectivity index (χ2n) is 4.39. The van der Waals surface area contributed by atoms with Crippen LogP contribution >= 0.6 is 0 Å². The van der Waals surface area contributed by atoms with Gasteiger partial charge in [-0.1, -0.05) is 0 Å². The van der Waals surface area contributed by atoms with E-state index in [0.29, 0.717) is 18.0 Å². The van der Waals surface area contributed by atoms with Crippen LogP contribution in [0, 0.1) is 0 Å². The molecule has 1 aliphatic heterocycles. The molecule has 2 rings (SSSR count). The van der Waals surface area contributed by atoms with Crippen LogP contribution in [0.15, 0.2) is 18.3 Å². The summed E-state index contributed by atoms with van der Waals surface area (Å²) in [4.78, 5) is 18.2. The van der Waals surface area contributed by atoms with Crippen LogP contribution in [0.25, 0.3) is 0 Å². The van der Waals surface area contributed by atoms with Gasteiger partial charge in [-0.25, -0.2) is 4.98 Å². The van der Waals surface area contributed by atoms with E-state index >= 15 is 0 Å². The van der Waals surface area contributed by atoms with Gasteiger partial charge in [0.05, 0.1) is 19.8 Å². The van der Waals surface area contributed by atoms with Crippen LogP contribution in [0.2, 0.25) is 0 Å². The number of aromatic nitrogens is 1. The maximum Gasteiger partial charge on any atom is 0.259 e. The van der Waals surface area contributed by atoms with Gasteiger partial charge in [0.15, 0.2) is 0 Å². The van der Waals surface area contributed by atoms with Gasteiger partial charge in [-0.05, 0) is 31.4 Å². The van der Waals surface area contributed by atoms with Crippen molar-refractivity contribution in [3.05, 3.63) is 23.9 Å². The van der Waals surface area contributed by atoms with Crippen molar-refractivity contribution < 1.29 is 14.6 Å². The number of piperidine rings is 1. The summed E-state index contributed by atoms with van der Waals surface area (Å²) in [5.74, 6) is 0.225. The second-order valence-corrected chi connectivity index (χ2v) is 4.39. The van der Waals surface area contributed by atoms with Crippen LogP contribution in [0.1, 0.15) is 29.6 Å². The van der Waals surface area contributed by atoms with Crippen molar-refractivity contribution in [2.75, 3.05) is 20.3 Å². The lowest BCUT2D eigenvalue weighted by Crippen LogP contribution is -2.45. The number of likely N-dealkylation sites (tertiary alicyclic amines) is 1. The molecule has 98 valence electrons. The third-order valence-corrected chi connectivity index (χ3v) is 3.29. The van der Waals surface area contributed by atoms with Gasteiger partial charge in [-0.15, -0.1) is 0 Å². The minimum absolute atomic E-state index is 0.00825. The van der Waals surface area contributed by atoms with Crippen molar-refractivity contribution >= 4 is 5.91 Å². The number of rotatable bonds is 3. The number of hydrogen-bond donors (Lipinski definition) is 1. The quantitative estimate of drug-likeness (QED) is 0.872. The molecule has 1 atom stereocenters. The number of aliphatic hydroxyl groups is 1. The van der Waals surface area contributed by atoms with Gasteiger partial charge >= 0.3 is 0 Å². The molecule has 1 amide bonds. The SMILES string of the molecule is COc1ncccc1C(=O)N1CCCCC1CO. The predicted octanol–water partition coefficient (Wildman–Crippen LogP) is 1.08. The first-order valence-electron chi connectivity index (χ1n) is 6.18. The van der Waals surface area contributed by atoms with Crippen molar-refractivity contribution in [1.29, 1.82) is 0 Å². The number of nitrogens with zero attached hydrogens (tertiary/aromatic N) is 2. The molecule has 5 heteroatoms. The maximum absolute atomic E-state index is 12.4. The molecule has 5 nitrogen and oxygen atoms in total. The summed E-state index contributed by atoms with van der Waals surface area (Å²) in [6, 6.07) is 3.33. The molecule has 1 N–H and O–H groups in total. The van der Waals surface area contributed by atoms with Gasteiger partial charge in [0, 0.05) is 12.7 Å². The van der Waals surface area contributed by atoms with Crippen LogP contribution in [0.4, 0.5) is 0 Å². The fraction of sp³-hybridized carbons (Fsp3) is 0.538. The molecular weight excluding hydrogens is 232 g/mol. The normalized spacial score (nSPS) is 19.7. The average molecular weight is 250 g/mol. The molecule has 1 unspecified atom stereocenters. The third kappa shape index (κ3) is 2.46. The summed E-state index contributed by atoms with van der Waals surface area (Å²) in [6.45, 7) is 0.691. The fourth-order valence-corrected chi connectivity index (χ4v) is 2.33. The summed E-state index contributed by atoms with van der Waals surface area (Å²) in [5, 5.41) is 9.34. The summed E-state index contributed by atoms with van der Waals surface area (Å²) in [7, 11) is 1.50. The minimum Gasteiger partial charge on any atom is -0.480 e. The van der Waals surface area contributed by atoms with E-state index in [9.17, 15) is 9.90 Å². The number of carbonyl (C=O) groups excluding carboxylic acids is 1. The summed E-state index contributed by atoms with van der Waals surface area (Å²) in [5.41, 5.74) is 0.459. The van der Waals surface area contributed by atoms with Crippen LogP contribution in [0.3, 0.4) is 0 Å². The van der Waals surface area contributed by atoms with E-state index < -0.39 is 0 Å². The highest BCUT2D eigenvalue weighted by Crippen LogP contribution is 2.22. The van der Waals surface area contributed by atoms with Crippen LogP contribution in [-0.2, 0) is 0 Å². The third-order valence-electron chi connectivity index (χ3n) is 3.29. The molecule has 1 saturated heterocycles. The lowest BCUT2D eigenvalue weighted by molar-refractivity contribution is 0.0499. The molecule has 0 aliphatic carbocycles. The Kier molecular flexibility index (Phi) is 4.15. The van der Waals surface area contributed by atoms with Crippen molar-refractivity contribution in [2.45, 2.75) is 25.3 Å². The Hall–Kier alpha value is -1.62. The maximum atomic E-state index is 12.4. The van der Waals surface area contributed by atoms with E-state index in [-0.39, 0.29) is 18.6 Å². The standard InChI is InChI=1S/C13H18N2O3/c1-18-12-11(6-4-7-14-12)13(17)15-8-3-2-5-10(15)9-16/h4,6-7,10,16H,2-3,5,8-9H2,1H3. The summed E-state index contributed by atoms with van der Waals surface area (Å²) >= 11 is 0. The van der Waals surface area contributed by atoms with E-state index in [4.69, 9.17) is 4.74 Å². The van der Waals surface area contributed by atoms with Crippen molar-refractivity contribution in [2.24, 2.45) is 0 Å². The number of ether oxygens (including phenoxy) is 1. The van der Waals surface area contributed by atoms with Gasteiger partial charge in [0.1, 0.15) is 5.56 Å². The first-order chi connectivity index (χ1) is 8.77. The Morgan fingerprint density at radius 1 is 1.61 bits per heavy atom. The van der Waals surface area contributed by atoms with Crippen molar-refractivity contribution in [1.82, 2.24) is 9.88 Å². The van der Waals surface area contributed by atoms with E-state index in [2.05, 4.69) is 4.98 Å². The molecule has 2 heterocycles. The van der Waals surface area contributed by atoms with Gasteiger partial charge in [0.25, 0.3) is 5.91 Å². The first kappa shape index (κ1) is 12.8. The van der Waals surface area contributed by atoms with Gasteiger partial charge in [-0.3, -0.25) is 4.79 Å². The zero-order valence-corrected chi connectivity index (χ0v) is 10.5. The highest BCUT2D eigenvalue weighted by atomic mass is 16.5. The lowest BCUT2D eigenvalue weighted by atomic mass is 10.0. The van der Waals surface area contributed by atoms with Gasteiger partial charge in [0.2, 0.25) is 5.88 Å². The van der Waals surface area contributed by atoms with E-state index in [0.717, 1.165) is 19.3 Å². The Morgan fingerprint density at radius 2 is 2.44 bits per heavy atom. The largest absolute Gasteiger partial charge is 0.480 e. The van der Waals surface area contributed by atoms with Gasteiger partial charge < -0.3 is 14.7 Å². The second kappa shape index (κ2) is 5.82. The monoisotopic (exact) mass is 250 g/mol. The zero-order chi connectivity index (χ0) is 13.0. The van der Waals surface area contributed by atoms with E-state index in [1.54, 1.807) is 23.2 Å². The molecule has 0 aromatic carbocycles. The number of carbonyl (C=O) groups is 1. The Bertz CT molecular complexity index is 422. The number of pyridine rings is 1. The molecule has 0 saturated carbocycles. The van der Waals surface area contributed by atoms with Crippen molar-refractivity contribution in [3.8, 4) is 5.88 Å².